The molecule has 1 unspecified atom stereocenters. The van der Waals surface area contributed by atoms with E-state index in [1.807, 2.05) is 0 Å². The maximum absolute atomic E-state index is 13.6. The van der Waals surface area contributed by atoms with E-state index in [0.29, 0.717) is 12.0 Å². The van der Waals surface area contributed by atoms with Gasteiger partial charge in [-0.3, -0.25) is 0 Å². The van der Waals surface area contributed by atoms with Crippen LogP contribution in [0.25, 0.3) is 0 Å². The summed E-state index contributed by atoms with van der Waals surface area (Å²) >= 11 is 0. The first-order valence-corrected chi connectivity index (χ1v) is 7.86. The normalized spacial score (nSPS) is 19.1. The fourth-order valence-electron chi connectivity index (χ4n) is 3.02. The third-order valence-electron chi connectivity index (χ3n) is 4.46. The number of nitrogens with zero attached hydrogens (tertiary/aromatic N) is 2. The third-order valence-corrected chi connectivity index (χ3v) is 4.46. The molecule has 1 saturated heterocycles. The topological polar surface area (TPSA) is 26.7 Å². The number of hydrogen-bond donors (Lipinski definition) is 1. The zero-order valence-electron chi connectivity index (χ0n) is 13.1. The Hall–Kier alpha value is -0.970. The Morgan fingerprint density at radius 2 is 2.00 bits per heavy atom. The molecule has 2 rings (SSSR count). The highest BCUT2D eigenvalue weighted by Gasteiger charge is 2.19. The van der Waals surface area contributed by atoms with Crippen LogP contribution in [0.5, 0.6) is 0 Å². The van der Waals surface area contributed by atoms with Gasteiger partial charge in [0.2, 0.25) is 0 Å². The van der Waals surface area contributed by atoms with Crippen molar-refractivity contribution in [3.63, 3.8) is 0 Å². The number of benzene rings is 1. The highest BCUT2D eigenvalue weighted by molar-refractivity contribution is 5.19. The van der Waals surface area contributed by atoms with E-state index < -0.39 is 6.10 Å². The zero-order valence-corrected chi connectivity index (χ0v) is 13.1. The van der Waals surface area contributed by atoms with Gasteiger partial charge in [0, 0.05) is 18.7 Å². The minimum absolute atomic E-state index is 0.317. The van der Waals surface area contributed by atoms with Crippen molar-refractivity contribution in [2.45, 2.75) is 25.4 Å². The van der Waals surface area contributed by atoms with Crippen LogP contribution in [0.15, 0.2) is 24.3 Å². The Balaban J connectivity index is 1.73. The molecule has 1 heterocycles. The first-order chi connectivity index (χ1) is 10.1. The summed E-state index contributed by atoms with van der Waals surface area (Å²) in [7, 11) is 4.26. The molecule has 0 radical (unpaired) electrons. The van der Waals surface area contributed by atoms with Gasteiger partial charge in [-0.25, -0.2) is 4.39 Å². The highest BCUT2D eigenvalue weighted by Crippen LogP contribution is 2.21. The minimum atomic E-state index is -0.717. The molecular weight excluding hydrogens is 267 g/mol. The summed E-state index contributed by atoms with van der Waals surface area (Å²) in [5.74, 6) is 0.430. The molecule has 0 bridgehead atoms. The molecule has 1 aromatic carbocycles. The Morgan fingerprint density at radius 3 is 2.67 bits per heavy atom. The fraction of sp³-hybridized carbons (Fsp3) is 0.647. The highest BCUT2D eigenvalue weighted by atomic mass is 19.1. The van der Waals surface area contributed by atoms with Gasteiger partial charge in [-0.2, -0.15) is 0 Å². The van der Waals surface area contributed by atoms with Gasteiger partial charge in [0.05, 0.1) is 6.10 Å². The summed E-state index contributed by atoms with van der Waals surface area (Å²) in [4.78, 5) is 4.64. The number of likely N-dealkylation sites (tertiary alicyclic amines) is 1. The molecule has 0 spiro atoms. The van der Waals surface area contributed by atoms with E-state index in [-0.39, 0.29) is 5.82 Å². The van der Waals surface area contributed by atoms with Crippen LogP contribution in [0.1, 0.15) is 30.9 Å². The number of aliphatic hydroxyl groups excluding tert-OH is 1. The predicted octanol–water partition coefficient (Wildman–Crippen LogP) is 2.52. The van der Waals surface area contributed by atoms with Crippen LogP contribution in [-0.4, -0.2) is 55.2 Å². The lowest BCUT2D eigenvalue weighted by Crippen LogP contribution is -2.36. The molecule has 1 aliphatic rings. The van der Waals surface area contributed by atoms with Crippen LogP contribution in [0, 0.1) is 11.7 Å². The van der Waals surface area contributed by atoms with Crippen LogP contribution in [-0.2, 0) is 0 Å². The first kappa shape index (κ1) is 16.4. The minimum Gasteiger partial charge on any atom is -0.388 e. The second kappa shape index (κ2) is 7.87. The monoisotopic (exact) mass is 294 g/mol. The zero-order chi connectivity index (χ0) is 15.2. The molecule has 1 aromatic rings. The van der Waals surface area contributed by atoms with Gasteiger partial charge >= 0.3 is 0 Å². The van der Waals surface area contributed by atoms with Crippen LogP contribution in [0.4, 0.5) is 4.39 Å². The standard InChI is InChI=1S/C17H27FN2O/c1-19-10-7-14(8-11-19)13-20(2)12-9-17(21)15-5-3-4-6-16(15)18/h3-6,14,17,21H,7-13H2,1-2H3. The van der Waals surface area contributed by atoms with Crippen molar-refractivity contribution in [2.75, 3.05) is 40.3 Å². The van der Waals surface area contributed by atoms with Crippen LogP contribution in [0.2, 0.25) is 0 Å². The van der Waals surface area contributed by atoms with Crippen molar-refractivity contribution in [3.8, 4) is 0 Å². The predicted molar refractivity (Wildman–Crippen MR) is 83.7 cm³/mol. The van der Waals surface area contributed by atoms with Crippen molar-refractivity contribution < 1.29 is 9.50 Å². The Kier molecular flexibility index (Phi) is 6.15. The smallest absolute Gasteiger partial charge is 0.128 e. The molecule has 1 aliphatic heterocycles. The van der Waals surface area contributed by atoms with E-state index in [1.54, 1.807) is 18.2 Å². The summed E-state index contributed by atoms with van der Waals surface area (Å²) in [6, 6.07) is 6.49. The molecule has 1 atom stereocenters. The van der Waals surface area contributed by atoms with Crippen molar-refractivity contribution in [3.05, 3.63) is 35.6 Å². The number of halogens is 1. The lowest BCUT2D eigenvalue weighted by molar-refractivity contribution is 0.130. The molecule has 1 N–H and O–H groups in total. The number of rotatable bonds is 6. The number of aliphatic hydroxyl groups is 1. The van der Waals surface area contributed by atoms with E-state index in [9.17, 15) is 9.50 Å². The largest absolute Gasteiger partial charge is 0.388 e. The first-order valence-electron chi connectivity index (χ1n) is 7.86. The van der Waals surface area contributed by atoms with Crippen LogP contribution < -0.4 is 0 Å². The summed E-state index contributed by atoms with van der Waals surface area (Å²) in [5.41, 5.74) is 0.408. The van der Waals surface area contributed by atoms with E-state index in [0.717, 1.165) is 19.0 Å². The summed E-state index contributed by atoms with van der Waals surface area (Å²) in [6.07, 6.45) is 2.35. The molecule has 0 amide bonds. The lowest BCUT2D eigenvalue weighted by Gasteiger charge is -2.31. The summed E-state index contributed by atoms with van der Waals surface area (Å²) in [6.45, 7) is 4.21. The van der Waals surface area contributed by atoms with E-state index in [1.165, 1.54) is 32.0 Å². The van der Waals surface area contributed by atoms with E-state index in [4.69, 9.17) is 0 Å². The Bertz CT molecular complexity index is 433. The van der Waals surface area contributed by atoms with Crippen LogP contribution in [0.3, 0.4) is 0 Å². The average molecular weight is 294 g/mol. The molecule has 0 saturated carbocycles. The van der Waals surface area contributed by atoms with Crippen molar-refractivity contribution in [2.24, 2.45) is 5.92 Å². The number of piperidine rings is 1. The van der Waals surface area contributed by atoms with Crippen molar-refractivity contribution in [1.29, 1.82) is 0 Å². The fourth-order valence-corrected chi connectivity index (χ4v) is 3.02. The summed E-state index contributed by atoms with van der Waals surface area (Å²) in [5, 5.41) is 10.1. The van der Waals surface area contributed by atoms with Crippen molar-refractivity contribution in [1.82, 2.24) is 9.80 Å². The van der Waals surface area contributed by atoms with Gasteiger partial charge < -0.3 is 14.9 Å². The van der Waals surface area contributed by atoms with E-state index >= 15 is 0 Å². The van der Waals surface area contributed by atoms with Gasteiger partial charge in [-0.1, -0.05) is 18.2 Å². The number of hydrogen-bond acceptors (Lipinski definition) is 3. The van der Waals surface area contributed by atoms with E-state index in [2.05, 4.69) is 23.9 Å². The van der Waals surface area contributed by atoms with Gasteiger partial charge in [0.1, 0.15) is 5.82 Å². The average Bonchev–Trinajstić information content (AvgIpc) is 2.48. The second-order valence-corrected chi connectivity index (χ2v) is 6.33. The van der Waals surface area contributed by atoms with Gasteiger partial charge in [-0.05, 0) is 58.4 Å². The molecule has 3 nitrogen and oxygen atoms in total. The lowest BCUT2D eigenvalue weighted by atomic mass is 9.96. The Morgan fingerprint density at radius 1 is 1.33 bits per heavy atom. The maximum atomic E-state index is 13.6. The van der Waals surface area contributed by atoms with Crippen LogP contribution >= 0.6 is 0 Å². The molecule has 118 valence electrons. The molecular formula is C17H27FN2O. The molecule has 1 fully saturated rings. The van der Waals surface area contributed by atoms with Gasteiger partial charge in [0.15, 0.2) is 0 Å². The SMILES string of the molecule is CN1CCC(CN(C)CCC(O)c2ccccc2F)CC1. The quantitative estimate of drug-likeness (QED) is 0.873. The molecule has 0 aromatic heterocycles. The molecule has 21 heavy (non-hydrogen) atoms. The molecule has 0 aliphatic carbocycles. The van der Waals surface area contributed by atoms with Gasteiger partial charge in [0.25, 0.3) is 0 Å². The van der Waals surface area contributed by atoms with Crippen molar-refractivity contribution >= 4 is 0 Å². The second-order valence-electron chi connectivity index (χ2n) is 6.33. The van der Waals surface area contributed by atoms with Gasteiger partial charge in [-0.15, -0.1) is 0 Å². The third kappa shape index (κ3) is 5.06. The molecule has 4 heteroatoms. The Labute approximate surface area is 127 Å². The summed E-state index contributed by atoms with van der Waals surface area (Å²) < 4.78 is 13.6. The maximum Gasteiger partial charge on any atom is 0.128 e.